The number of halogens is 1. The van der Waals surface area contributed by atoms with E-state index >= 15 is 0 Å². The number of carbonyl (C=O) groups excluding carboxylic acids is 1. The van der Waals surface area contributed by atoms with Crippen molar-refractivity contribution in [2.24, 2.45) is 0 Å². The highest BCUT2D eigenvalue weighted by Gasteiger charge is 2.43. The Morgan fingerprint density at radius 3 is 2.67 bits per heavy atom. The number of hydrogen-bond acceptors (Lipinski definition) is 9. The number of carbonyl (C=O) groups is 1. The molecular weight excluding hydrogens is 599 g/mol. The van der Waals surface area contributed by atoms with Gasteiger partial charge in [0.1, 0.15) is 5.82 Å². The number of morpholine rings is 1. The summed E-state index contributed by atoms with van der Waals surface area (Å²) in [5, 5.41) is 8.16. The number of aromatic nitrogens is 3. The third-order valence-corrected chi connectivity index (χ3v) is 9.60. The Morgan fingerprint density at radius 1 is 1.20 bits per heavy atom. The van der Waals surface area contributed by atoms with E-state index < -0.39 is 15.4 Å². The van der Waals surface area contributed by atoms with Crippen molar-refractivity contribution < 1.29 is 22.3 Å². The van der Waals surface area contributed by atoms with E-state index in [2.05, 4.69) is 57.6 Å². The van der Waals surface area contributed by atoms with Crippen molar-refractivity contribution in [2.75, 3.05) is 68.4 Å². The third-order valence-electron chi connectivity index (χ3n) is 9.05. The molecule has 244 valence electrons. The Kier molecular flexibility index (Phi) is 8.63. The highest BCUT2D eigenvalue weighted by atomic mass is 32.2. The van der Waals surface area contributed by atoms with Gasteiger partial charge < -0.3 is 15.0 Å². The van der Waals surface area contributed by atoms with Crippen molar-refractivity contribution in [2.45, 2.75) is 57.7 Å². The van der Waals surface area contributed by atoms with Gasteiger partial charge in [-0.25, -0.2) is 17.3 Å². The minimum Gasteiger partial charge on any atom is -0.379 e. The zero-order valence-corrected chi connectivity index (χ0v) is 27.4. The summed E-state index contributed by atoms with van der Waals surface area (Å²) in [6.45, 7) is 13.9. The van der Waals surface area contributed by atoms with Crippen LogP contribution in [0.3, 0.4) is 0 Å². The number of anilines is 2. The first kappa shape index (κ1) is 31.8. The van der Waals surface area contributed by atoms with E-state index in [0.29, 0.717) is 31.3 Å². The molecule has 1 aromatic carbocycles. The van der Waals surface area contributed by atoms with Crippen LogP contribution >= 0.6 is 0 Å². The second-order valence-electron chi connectivity index (χ2n) is 13.4. The van der Waals surface area contributed by atoms with Crippen molar-refractivity contribution in [3.8, 4) is 0 Å². The van der Waals surface area contributed by atoms with Gasteiger partial charge in [-0.15, -0.1) is 5.10 Å². The van der Waals surface area contributed by atoms with Crippen molar-refractivity contribution in [1.29, 1.82) is 0 Å². The second kappa shape index (κ2) is 12.2. The molecule has 1 amide bonds. The molecule has 2 fully saturated rings. The molecule has 2 saturated heterocycles. The zero-order valence-electron chi connectivity index (χ0n) is 26.6. The molecule has 0 spiro atoms. The number of sulfonamides is 1. The van der Waals surface area contributed by atoms with Gasteiger partial charge in [0.15, 0.2) is 5.65 Å². The first-order chi connectivity index (χ1) is 21.3. The average molecular weight is 643 g/mol. The van der Waals surface area contributed by atoms with Crippen LogP contribution in [0.1, 0.15) is 44.5 Å². The summed E-state index contributed by atoms with van der Waals surface area (Å²) >= 11 is 0. The molecule has 0 unspecified atom stereocenters. The predicted octanol–water partition coefficient (Wildman–Crippen LogP) is 1.84. The van der Waals surface area contributed by atoms with Crippen LogP contribution in [0.5, 0.6) is 0 Å². The van der Waals surface area contributed by atoms with Gasteiger partial charge in [-0.3, -0.25) is 19.3 Å². The lowest BCUT2D eigenvalue weighted by atomic mass is 9.90. The maximum atomic E-state index is 14.3. The summed E-state index contributed by atoms with van der Waals surface area (Å²) in [5.74, 6) is -0.374. The zero-order chi connectivity index (χ0) is 32.1. The van der Waals surface area contributed by atoms with Crippen LogP contribution in [0, 0.1) is 5.82 Å². The molecule has 2 aromatic heterocycles. The standard InChI is InChI=1S/C31H43FN8O4S/c1-20-15-38(25(14-33-20)16-37-10-11-44-18-21(37)2)17-27(41)39-19-31(3,4)28-26(39)13-23(12-22-6-8-24(32)9-7-22)29-34-30(35-40(28)29)36-45(5,42)43/h6-9,13,20-21,25,33H,10-12,14-19H2,1-5H3,(H,35,36)/t20-,21-,25-/m1/s1. The van der Waals surface area contributed by atoms with Crippen LogP contribution < -0.4 is 14.9 Å². The average Bonchev–Trinajstić information content (AvgIpc) is 3.48. The van der Waals surface area contributed by atoms with Gasteiger partial charge in [-0.05, 0) is 37.6 Å². The third kappa shape index (κ3) is 6.85. The Bertz CT molecular complexity index is 1680. The van der Waals surface area contributed by atoms with Crippen LogP contribution in [0.15, 0.2) is 30.3 Å². The maximum Gasteiger partial charge on any atom is 0.256 e. The van der Waals surface area contributed by atoms with Gasteiger partial charge in [0.25, 0.3) is 5.95 Å². The fourth-order valence-electron chi connectivity index (χ4n) is 6.83. The molecule has 14 heteroatoms. The monoisotopic (exact) mass is 642 g/mol. The fraction of sp³-hybridized carbons (Fsp3) is 0.581. The van der Waals surface area contributed by atoms with E-state index in [1.165, 1.54) is 12.1 Å². The van der Waals surface area contributed by atoms with Crippen LogP contribution in [-0.2, 0) is 31.4 Å². The molecule has 5 heterocycles. The molecule has 45 heavy (non-hydrogen) atoms. The molecule has 3 aromatic rings. The lowest BCUT2D eigenvalue weighted by molar-refractivity contribution is -0.121. The van der Waals surface area contributed by atoms with Gasteiger partial charge in [-0.1, -0.05) is 26.0 Å². The lowest BCUT2D eigenvalue weighted by Crippen LogP contribution is -2.62. The number of fused-ring (bicyclic) bond motifs is 3. The van der Waals surface area contributed by atoms with Crippen molar-refractivity contribution in [1.82, 2.24) is 29.7 Å². The lowest BCUT2D eigenvalue weighted by Gasteiger charge is -2.43. The van der Waals surface area contributed by atoms with Gasteiger partial charge >= 0.3 is 0 Å². The molecular formula is C31H43FN8O4S. The van der Waals surface area contributed by atoms with Crippen molar-refractivity contribution in [3.63, 3.8) is 0 Å². The SMILES string of the molecule is C[C@@H]1CN(CC(=O)N2CC(C)(C)c3c2cc(Cc2ccc(F)cc2)c2nc(NS(C)(=O)=O)nn32)[C@@H](CN2CCOC[C@H]2C)CN1. The number of nitrogens with one attached hydrogen (secondary N) is 2. The second-order valence-corrected chi connectivity index (χ2v) is 15.2. The van der Waals surface area contributed by atoms with Gasteiger partial charge in [-0.2, -0.15) is 4.98 Å². The van der Waals surface area contributed by atoms with Crippen LogP contribution in [-0.4, -0.2) is 116 Å². The van der Waals surface area contributed by atoms with Crippen LogP contribution in [0.25, 0.3) is 5.65 Å². The summed E-state index contributed by atoms with van der Waals surface area (Å²) in [4.78, 5) is 25.4. The largest absolute Gasteiger partial charge is 0.379 e. The molecule has 3 aliphatic rings. The van der Waals surface area contributed by atoms with E-state index in [1.807, 2.05) is 11.0 Å². The van der Waals surface area contributed by atoms with Gasteiger partial charge in [0, 0.05) is 68.2 Å². The van der Waals surface area contributed by atoms with Crippen LogP contribution in [0.2, 0.25) is 0 Å². The molecule has 0 radical (unpaired) electrons. The molecule has 12 nitrogen and oxygen atoms in total. The summed E-state index contributed by atoms with van der Waals surface area (Å²) in [6, 6.07) is 8.95. The normalized spacial score (nSPS) is 24.2. The summed E-state index contributed by atoms with van der Waals surface area (Å²) in [5.41, 5.74) is 3.11. The molecule has 0 saturated carbocycles. The molecule has 0 aliphatic carbocycles. The van der Waals surface area contributed by atoms with Crippen molar-refractivity contribution in [3.05, 3.63) is 53.0 Å². The highest BCUT2D eigenvalue weighted by Crippen LogP contribution is 2.42. The Balaban J connectivity index is 1.34. The number of pyridine rings is 1. The topological polar surface area (TPSA) is 124 Å². The maximum absolute atomic E-state index is 14.3. The first-order valence-corrected chi connectivity index (χ1v) is 17.4. The van der Waals surface area contributed by atoms with E-state index in [1.54, 1.807) is 16.6 Å². The minimum atomic E-state index is -3.62. The molecule has 2 N–H and O–H groups in total. The van der Waals surface area contributed by atoms with E-state index in [4.69, 9.17) is 4.74 Å². The summed E-state index contributed by atoms with van der Waals surface area (Å²) in [6.07, 6.45) is 1.45. The smallest absolute Gasteiger partial charge is 0.256 e. The molecule has 6 rings (SSSR count). The number of benzene rings is 1. The quantitative estimate of drug-likeness (QED) is 0.379. The number of rotatable bonds is 8. The summed E-state index contributed by atoms with van der Waals surface area (Å²) in [7, 11) is -3.62. The van der Waals surface area contributed by atoms with Crippen molar-refractivity contribution >= 4 is 33.2 Å². The van der Waals surface area contributed by atoms with E-state index in [9.17, 15) is 17.6 Å². The first-order valence-electron chi connectivity index (χ1n) is 15.5. The molecule has 0 bridgehead atoms. The highest BCUT2D eigenvalue weighted by molar-refractivity contribution is 7.91. The summed E-state index contributed by atoms with van der Waals surface area (Å²) < 4.78 is 47.5. The minimum absolute atomic E-state index is 0.00219. The number of ether oxygens (including phenoxy) is 1. The van der Waals surface area contributed by atoms with Gasteiger partial charge in [0.05, 0.1) is 37.4 Å². The molecule has 3 atom stereocenters. The Labute approximate surface area is 264 Å². The molecule has 3 aliphatic heterocycles. The Hall–Kier alpha value is -3.17. The van der Waals surface area contributed by atoms with Gasteiger partial charge in [0.2, 0.25) is 15.9 Å². The van der Waals surface area contributed by atoms with Crippen LogP contribution in [0.4, 0.5) is 16.0 Å². The van der Waals surface area contributed by atoms with E-state index in [-0.39, 0.29) is 36.3 Å². The fourth-order valence-corrected chi connectivity index (χ4v) is 7.25. The number of nitrogens with zero attached hydrogens (tertiary/aromatic N) is 6. The number of hydrogen-bond donors (Lipinski definition) is 2. The predicted molar refractivity (Wildman–Crippen MR) is 171 cm³/mol. The number of piperazine rings is 1. The Morgan fingerprint density at radius 2 is 1.96 bits per heavy atom. The van der Waals surface area contributed by atoms with E-state index in [0.717, 1.165) is 61.5 Å². The number of amides is 1.